The van der Waals surface area contributed by atoms with Crippen molar-refractivity contribution in [3.05, 3.63) is 16.1 Å². The van der Waals surface area contributed by atoms with Crippen LogP contribution in [0.25, 0.3) is 0 Å². The lowest BCUT2D eigenvalue weighted by molar-refractivity contribution is -0.125. The number of nitrogens with zero attached hydrogens (tertiary/aromatic N) is 2. The van der Waals surface area contributed by atoms with E-state index < -0.39 is 0 Å². The van der Waals surface area contributed by atoms with Gasteiger partial charge >= 0.3 is 0 Å². The van der Waals surface area contributed by atoms with Gasteiger partial charge in [0.05, 0.1) is 17.8 Å². The Balaban J connectivity index is 1.92. The predicted molar refractivity (Wildman–Crippen MR) is 76.6 cm³/mol. The maximum absolute atomic E-state index is 11.5. The molecule has 0 bridgehead atoms. The van der Waals surface area contributed by atoms with Crippen LogP contribution in [0.1, 0.15) is 17.0 Å². The summed E-state index contributed by atoms with van der Waals surface area (Å²) in [7, 11) is 1.50. The Morgan fingerprint density at radius 3 is 3.10 bits per heavy atom. The summed E-state index contributed by atoms with van der Waals surface area (Å²) in [5.41, 5.74) is 2.88. The van der Waals surface area contributed by atoms with Crippen molar-refractivity contribution in [1.82, 2.24) is 15.2 Å². The monoisotopic (exact) mass is 299 g/mol. The molecule has 2 atom stereocenters. The van der Waals surface area contributed by atoms with E-state index in [2.05, 4.69) is 15.2 Å². The number of rotatable bonds is 6. The zero-order valence-corrected chi connectivity index (χ0v) is 12.7. The van der Waals surface area contributed by atoms with Crippen molar-refractivity contribution < 1.29 is 14.6 Å². The van der Waals surface area contributed by atoms with Gasteiger partial charge in [0.1, 0.15) is 6.61 Å². The standard InChI is InChI=1S/C13H21N3O3S/c1-9-12(20-8-14-9)5-16-4-10(3-11(16)6-17)15-13(18)7-19-2/h8,10-11,17H,3-7H2,1-2H3,(H,15,18)/t10-,11-/m0/s1. The van der Waals surface area contributed by atoms with E-state index in [9.17, 15) is 9.90 Å². The number of amides is 1. The van der Waals surface area contributed by atoms with Gasteiger partial charge in [-0.2, -0.15) is 0 Å². The van der Waals surface area contributed by atoms with Crippen LogP contribution in [0.4, 0.5) is 0 Å². The first-order valence-corrected chi connectivity index (χ1v) is 7.54. The molecule has 1 fully saturated rings. The molecule has 1 aromatic rings. The molecule has 2 N–H and O–H groups in total. The lowest BCUT2D eigenvalue weighted by atomic mass is 10.2. The Bertz CT molecular complexity index is 452. The normalized spacial score (nSPS) is 23.1. The Morgan fingerprint density at radius 1 is 1.70 bits per heavy atom. The summed E-state index contributed by atoms with van der Waals surface area (Å²) in [4.78, 5) is 19.2. The minimum Gasteiger partial charge on any atom is -0.395 e. The fourth-order valence-corrected chi connectivity index (χ4v) is 3.34. The van der Waals surface area contributed by atoms with Crippen LogP contribution in [0.15, 0.2) is 5.51 Å². The first-order chi connectivity index (χ1) is 9.63. The number of likely N-dealkylation sites (tertiary alicyclic amines) is 1. The average Bonchev–Trinajstić information content (AvgIpc) is 2.97. The molecule has 112 valence electrons. The van der Waals surface area contributed by atoms with Crippen LogP contribution in [0.2, 0.25) is 0 Å². The van der Waals surface area contributed by atoms with Gasteiger partial charge in [-0.25, -0.2) is 4.98 Å². The molecule has 6 nitrogen and oxygen atoms in total. The van der Waals surface area contributed by atoms with Gasteiger partial charge in [0.2, 0.25) is 5.91 Å². The summed E-state index contributed by atoms with van der Waals surface area (Å²) < 4.78 is 4.81. The fraction of sp³-hybridized carbons (Fsp3) is 0.692. The first-order valence-electron chi connectivity index (χ1n) is 6.66. The lowest BCUT2D eigenvalue weighted by Gasteiger charge is -2.21. The molecule has 0 saturated carbocycles. The molecule has 1 aliphatic rings. The van der Waals surface area contributed by atoms with Gasteiger partial charge in [-0.15, -0.1) is 11.3 Å². The van der Waals surface area contributed by atoms with Crippen molar-refractivity contribution >= 4 is 17.2 Å². The zero-order chi connectivity index (χ0) is 14.5. The van der Waals surface area contributed by atoms with Gasteiger partial charge in [0.15, 0.2) is 0 Å². The Hall–Kier alpha value is -1.02. The largest absolute Gasteiger partial charge is 0.395 e. The second-order valence-corrected chi connectivity index (χ2v) is 6.00. The second-order valence-electron chi connectivity index (χ2n) is 5.06. The molecule has 0 spiro atoms. The number of aliphatic hydroxyl groups is 1. The third-order valence-corrected chi connectivity index (χ3v) is 4.49. The van der Waals surface area contributed by atoms with Crippen molar-refractivity contribution in [3.8, 4) is 0 Å². The Kier molecular flexibility index (Phi) is 5.47. The highest BCUT2D eigenvalue weighted by atomic mass is 32.1. The number of carbonyl (C=O) groups is 1. The van der Waals surface area contributed by atoms with Gasteiger partial charge in [0, 0.05) is 37.2 Å². The van der Waals surface area contributed by atoms with Gasteiger partial charge in [-0.3, -0.25) is 9.69 Å². The van der Waals surface area contributed by atoms with Gasteiger partial charge in [-0.05, 0) is 13.3 Å². The quantitative estimate of drug-likeness (QED) is 0.782. The van der Waals surface area contributed by atoms with E-state index in [0.29, 0.717) is 0 Å². The SMILES string of the molecule is COCC(=O)N[C@H]1C[C@@H](CO)N(Cc2scnc2C)C1. The molecular weight excluding hydrogens is 278 g/mol. The van der Waals surface area contributed by atoms with Crippen molar-refractivity contribution in [2.24, 2.45) is 0 Å². The van der Waals surface area contributed by atoms with Crippen LogP contribution < -0.4 is 5.32 Å². The number of thiazole rings is 1. The van der Waals surface area contributed by atoms with Crippen LogP contribution in [-0.2, 0) is 16.1 Å². The summed E-state index contributed by atoms with van der Waals surface area (Å²) in [6.45, 7) is 3.70. The molecule has 1 aromatic heterocycles. The number of aromatic nitrogens is 1. The predicted octanol–water partition coefficient (Wildman–Crippen LogP) is 0.149. The molecule has 1 saturated heterocycles. The number of methoxy groups -OCH3 is 1. The van der Waals surface area contributed by atoms with E-state index in [1.807, 2.05) is 12.4 Å². The third-order valence-electron chi connectivity index (χ3n) is 3.57. The highest BCUT2D eigenvalue weighted by Crippen LogP contribution is 2.23. The summed E-state index contributed by atoms with van der Waals surface area (Å²) in [6.07, 6.45) is 0.768. The van der Waals surface area contributed by atoms with Crippen molar-refractivity contribution in [2.75, 3.05) is 26.9 Å². The van der Waals surface area contributed by atoms with E-state index in [4.69, 9.17) is 4.74 Å². The van der Waals surface area contributed by atoms with E-state index in [0.717, 1.165) is 25.2 Å². The molecule has 2 heterocycles. The lowest BCUT2D eigenvalue weighted by Crippen LogP contribution is -2.38. The molecule has 0 unspecified atom stereocenters. The Labute approximate surface area is 122 Å². The number of nitrogens with one attached hydrogen (secondary N) is 1. The number of aliphatic hydroxyl groups excluding tert-OH is 1. The summed E-state index contributed by atoms with van der Waals surface area (Å²) in [5, 5.41) is 12.4. The Morgan fingerprint density at radius 2 is 2.50 bits per heavy atom. The van der Waals surface area contributed by atoms with Crippen LogP contribution in [-0.4, -0.2) is 59.8 Å². The average molecular weight is 299 g/mol. The first kappa shape index (κ1) is 15.4. The highest BCUT2D eigenvalue weighted by Gasteiger charge is 2.32. The number of hydrogen-bond acceptors (Lipinski definition) is 6. The van der Waals surface area contributed by atoms with E-state index in [-0.39, 0.29) is 31.2 Å². The summed E-state index contributed by atoms with van der Waals surface area (Å²) >= 11 is 1.63. The number of hydrogen-bond donors (Lipinski definition) is 2. The number of ether oxygens (including phenoxy) is 1. The fourth-order valence-electron chi connectivity index (χ4n) is 2.54. The molecule has 20 heavy (non-hydrogen) atoms. The van der Waals surface area contributed by atoms with Crippen molar-refractivity contribution in [2.45, 2.75) is 32.0 Å². The van der Waals surface area contributed by atoms with Gasteiger partial charge in [-0.1, -0.05) is 0 Å². The maximum atomic E-state index is 11.5. The molecular formula is C13H21N3O3S. The highest BCUT2D eigenvalue weighted by molar-refractivity contribution is 7.09. The number of carbonyl (C=O) groups excluding carboxylic acids is 1. The van der Waals surface area contributed by atoms with E-state index in [1.165, 1.54) is 12.0 Å². The van der Waals surface area contributed by atoms with E-state index in [1.54, 1.807) is 11.3 Å². The van der Waals surface area contributed by atoms with Crippen molar-refractivity contribution in [1.29, 1.82) is 0 Å². The third kappa shape index (κ3) is 3.76. The maximum Gasteiger partial charge on any atom is 0.246 e. The number of aryl methyl sites for hydroxylation is 1. The van der Waals surface area contributed by atoms with Gasteiger partial charge < -0.3 is 15.2 Å². The minimum atomic E-state index is -0.106. The summed E-state index contributed by atoms with van der Waals surface area (Å²) in [6, 6.07) is 0.160. The van der Waals surface area contributed by atoms with Crippen LogP contribution in [0, 0.1) is 6.92 Å². The smallest absolute Gasteiger partial charge is 0.246 e. The minimum absolute atomic E-state index is 0.0722. The van der Waals surface area contributed by atoms with Crippen LogP contribution >= 0.6 is 11.3 Å². The van der Waals surface area contributed by atoms with Gasteiger partial charge in [0.25, 0.3) is 0 Å². The molecule has 7 heteroatoms. The molecule has 0 radical (unpaired) electrons. The molecule has 1 aliphatic heterocycles. The van der Waals surface area contributed by atoms with Crippen LogP contribution in [0.5, 0.6) is 0 Å². The second kappa shape index (κ2) is 7.12. The molecule has 1 amide bonds. The van der Waals surface area contributed by atoms with Crippen LogP contribution in [0.3, 0.4) is 0 Å². The van der Waals surface area contributed by atoms with Crippen molar-refractivity contribution in [3.63, 3.8) is 0 Å². The molecule has 0 aliphatic carbocycles. The summed E-state index contributed by atoms with van der Waals surface area (Å²) in [5.74, 6) is -0.106. The zero-order valence-electron chi connectivity index (χ0n) is 11.8. The topological polar surface area (TPSA) is 74.7 Å². The van der Waals surface area contributed by atoms with E-state index >= 15 is 0 Å². The molecule has 2 rings (SSSR count). The molecule has 0 aromatic carbocycles.